The Morgan fingerprint density at radius 2 is 2.11 bits per heavy atom. The van der Waals surface area contributed by atoms with Crippen molar-refractivity contribution >= 4 is 0 Å². The SMILES string of the molecule is CCCn1ccnc1C(CCC(F)(F)F)NCC. The third kappa shape index (κ3) is 4.68. The summed E-state index contributed by atoms with van der Waals surface area (Å²) in [5.74, 6) is 0.697. The summed E-state index contributed by atoms with van der Waals surface area (Å²) in [4.78, 5) is 4.19. The summed E-state index contributed by atoms with van der Waals surface area (Å²) in [6.07, 6.45) is -0.487. The minimum Gasteiger partial charge on any atom is -0.334 e. The number of aromatic nitrogens is 2. The molecule has 0 saturated carbocycles. The van der Waals surface area contributed by atoms with Gasteiger partial charge in [-0.2, -0.15) is 13.2 Å². The van der Waals surface area contributed by atoms with Crippen molar-refractivity contribution in [2.75, 3.05) is 6.54 Å². The third-order valence-electron chi connectivity index (χ3n) is 2.69. The van der Waals surface area contributed by atoms with E-state index >= 15 is 0 Å². The van der Waals surface area contributed by atoms with E-state index in [-0.39, 0.29) is 12.5 Å². The highest BCUT2D eigenvalue weighted by Crippen LogP contribution is 2.27. The zero-order valence-corrected chi connectivity index (χ0v) is 10.8. The van der Waals surface area contributed by atoms with Crippen LogP contribution in [-0.2, 0) is 6.54 Å². The topological polar surface area (TPSA) is 29.9 Å². The molecule has 104 valence electrons. The summed E-state index contributed by atoms with van der Waals surface area (Å²) in [7, 11) is 0. The second-order valence-electron chi connectivity index (χ2n) is 4.24. The van der Waals surface area contributed by atoms with E-state index in [1.807, 2.05) is 24.6 Å². The molecule has 1 aromatic heterocycles. The zero-order chi connectivity index (χ0) is 13.6. The molecule has 1 unspecified atom stereocenters. The van der Waals surface area contributed by atoms with Gasteiger partial charge in [0.05, 0.1) is 6.04 Å². The number of aryl methyl sites for hydroxylation is 1. The first-order valence-corrected chi connectivity index (χ1v) is 6.29. The summed E-state index contributed by atoms with van der Waals surface area (Å²) in [5, 5.41) is 3.07. The summed E-state index contributed by atoms with van der Waals surface area (Å²) in [6.45, 7) is 5.32. The van der Waals surface area contributed by atoms with Crippen molar-refractivity contribution in [1.82, 2.24) is 14.9 Å². The fourth-order valence-electron chi connectivity index (χ4n) is 1.94. The molecule has 1 N–H and O–H groups in total. The molecule has 0 aliphatic rings. The molecule has 0 aliphatic carbocycles. The van der Waals surface area contributed by atoms with Crippen LogP contribution in [0.4, 0.5) is 13.2 Å². The standard InChI is InChI=1S/C12H20F3N3/c1-3-8-18-9-7-17-11(18)10(16-4-2)5-6-12(13,14)15/h7,9-10,16H,3-6,8H2,1-2H3. The van der Waals surface area contributed by atoms with Crippen molar-refractivity contribution in [3.05, 3.63) is 18.2 Å². The van der Waals surface area contributed by atoms with E-state index in [2.05, 4.69) is 10.3 Å². The molecule has 1 aromatic rings. The monoisotopic (exact) mass is 263 g/mol. The molecule has 1 rings (SSSR count). The first kappa shape index (κ1) is 15.0. The van der Waals surface area contributed by atoms with Crippen molar-refractivity contribution < 1.29 is 13.2 Å². The van der Waals surface area contributed by atoms with Crippen LogP contribution >= 0.6 is 0 Å². The van der Waals surface area contributed by atoms with E-state index in [1.54, 1.807) is 6.20 Å². The van der Waals surface area contributed by atoms with E-state index in [4.69, 9.17) is 0 Å². The zero-order valence-electron chi connectivity index (χ0n) is 10.8. The maximum absolute atomic E-state index is 12.3. The molecule has 0 aliphatic heterocycles. The van der Waals surface area contributed by atoms with Crippen LogP contribution in [0, 0.1) is 0 Å². The number of hydrogen-bond donors (Lipinski definition) is 1. The number of hydrogen-bond acceptors (Lipinski definition) is 2. The van der Waals surface area contributed by atoms with Gasteiger partial charge in [-0.25, -0.2) is 4.98 Å². The Balaban J connectivity index is 2.73. The molecule has 1 atom stereocenters. The Kier molecular flexibility index (Phi) is 5.65. The van der Waals surface area contributed by atoms with Gasteiger partial charge in [0, 0.05) is 25.4 Å². The van der Waals surface area contributed by atoms with Crippen LogP contribution < -0.4 is 5.32 Å². The predicted octanol–water partition coefficient (Wildman–Crippen LogP) is 3.29. The van der Waals surface area contributed by atoms with Gasteiger partial charge in [-0.05, 0) is 19.4 Å². The second-order valence-corrected chi connectivity index (χ2v) is 4.24. The highest BCUT2D eigenvalue weighted by molar-refractivity contribution is 4.99. The lowest BCUT2D eigenvalue weighted by Gasteiger charge is -2.19. The van der Waals surface area contributed by atoms with Gasteiger partial charge in [-0.1, -0.05) is 13.8 Å². The maximum atomic E-state index is 12.3. The number of imidazole rings is 1. The van der Waals surface area contributed by atoms with E-state index in [0.29, 0.717) is 12.4 Å². The first-order valence-electron chi connectivity index (χ1n) is 6.29. The van der Waals surface area contributed by atoms with Gasteiger partial charge in [0.2, 0.25) is 0 Å². The molecule has 0 saturated heterocycles. The molecule has 1 heterocycles. The number of nitrogens with zero attached hydrogens (tertiary/aromatic N) is 2. The van der Waals surface area contributed by atoms with Gasteiger partial charge in [-0.3, -0.25) is 0 Å². The summed E-state index contributed by atoms with van der Waals surface area (Å²) < 4.78 is 38.8. The number of rotatable bonds is 7. The highest BCUT2D eigenvalue weighted by atomic mass is 19.4. The number of nitrogens with one attached hydrogen (secondary N) is 1. The normalized spacial score (nSPS) is 13.8. The van der Waals surface area contributed by atoms with E-state index < -0.39 is 12.6 Å². The molecular weight excluding hydrogens is 243 g/mol. The van der Waals surface area contributed by atoms with Crippen LogP contribution in [0.1, 0.15) is 45.0 Å². The second kappa shape index (κ2) is 6.78. The lowest BCUT2D eigenvalue weighted by Crippen LogP contribution is -2.26. The van der Waals surface area contributed by atoms with Gasteiger partial charge < -0.3 is 9.88 Å². The molecule has 0 spiro atoms. The molecule has 18 heavy (non-hydrogen) atoms. The van der Waals surface area contributed by atoms with Gasteiger partial charge in [0.15, 0.2) is 0 Å². The first-order chi connectivity index (χ1) is 8.48. The minimum absolute atomic E-state index is 0.0259. The minimum atomic E-state index is -4.12. The van der Waals surface area contributed by atoms with Crippen LogP contribution in [0.25, 0.3) is 0 Å². The molecule has 0 bridgehead atoms. The van der Waals surface area contributed by atoms with Crippen molar-refractivity contribution in [3.63, 3.8) is 0 Å². The molecule has 0 aromatic carbocycles. The summed E-state index contributed by atoms with van der Waals surface area (Å²) in [5.41, 5.74) is 0. The van der Waals surface area contributed by atoms with Gasteiger partial charge in [0.1, 0.15) is 5.82 Å². The van der Waals surface area contributed by atoms with Crippen molar-refractivity contribution in [2.24, 2.45) is 0 Å². The van der Waals surface area contributed by atoms with E-state index in [0.717, 1.165) is 13.0 Å². The van der Waals surface area contributed by atoms with Crippen molar-refractivity contribution in [2.45, 2.75) is 51.9 Å². The average molecular weight is 263 g/mol. The predicted molar refractivity (Wildman–Crippen MR) is 64.2 cm³/mol. The fraction of sp³-hybridized carbons (Fsp3) is 0.750. The Morgan fingerprint density at radius 3 is 2.67 bits per heavy atom. The Bertz CT molecular complexity index is 347. The fourth-order valence-corrected chi connectivity index (χ4v) is 1.94. The van der Waals surface area contributed by atoms with Gasteiger partial charge in [0.25, 0.3) is 0 Å². The Hall–Kier alpha value is -1.04. The van der Waals surface area contributed by atoms with Crippen LogP contribution in [0.2, 0.25) is 0 Å². The number of halogens is 3. The molecule has 3 nitrogen and oxygen atoms in total. The molecule has 0 fully saturated rings. The van der Waals surface area contributed by atoms with Crippen LogP contribution in [0.3, 0.4) is 0 Å². The maximum Gasteiger partial charge on any atom is 0.389 e. The molecule has 6 heteroatoms. The largest absolute Gasteiger partial charge is 0.389 e. The Morgan fingerprint density at radius 1 is 1.39 bits per heavy atom. The smallest absolute Gasteiger partial charge is 0.334 e. The number of alkyl halides is 3. The summed E-state index contributed by atoms with van der Waals surface area (Å²) >= 11 is 0. The lowest BCUT2D eigenvalue weighted by atomic mass is 10.1. The average Bonchev–Trinajstić information content (AvgIpc) is 2.72. The summed E-state index contributed by atoms with van der Waals surface area (Å²) in [6, 6.07) is -0.335. The third-order valence-corrected chi connectivity index (χ3v) is 2.69. The van der Waals surface area contributed by atoms with Crippen LogP contribution in [0.15, 0.2) is 12.4 Å². The highest BCUT2D eigenvalue weighted by Gasteiger charge is 2.29. The Labute approximate surface area is 105 Å². The van der Waals surface area contributed by atoms with Gasteiger partial charge in [-0.15, -0.1) is 0 Å². The van der Waals surface area contributed by atoms with Crippen molar-refractivity contribution in [3.8, 4) is 0 Å². The van der Waals surface area contributed by atoms with Crippen LogP contribution in [-0.4, -0.2) is 22.3 Å². The van der Waals surface area contributed by atoms with E-state index in [1.165, 1.54) is 0 Å². The molecular formula is C12H20F3N3. The van der Waals surface area contributed by atoms with E-state index in [9.17, 15) is 13.2 Å². The van der Waals surface area contributed by atoms with Crippen molar-refractivity contribution in [1.29, 1.82) is 0 Å². The quantitative estimate of drug-likeness (QED) is 0.818. The van der Waals surface area contributed by atoms with Crippen LogP contribution in [0.5, 0.6) is 0 Å². The molecule has 0 radical (unpaired) electrons. The lowest BCUT2D eigenvalue weighted by molar-refractivity contribution is -0.136. The molecule has 0 amide bonds. The van der Waals surface area contributed by atoms with Gasteiger partial charge >= 0.3 is 6.18 Å².